The molecular weight excluding hydrogens is 376 g/mol. The topological polar surface area (TPSA) is 54.9 Å². The highest BCUT2D eigenvalue weighted by molar-refractivity contribution is 8.01. The maximum Gasteiger partial charge on any atom is 0.210 e. The van der Waals surface area contributed by atoms with E-state index in [0.29, 0.717) is 9.47 Å². The molecule has 0 aliphatic rings. The molecule has 0 spiro atoms. The molecule has 1 N–H and O–H groups in total. The van der Waals surface area contributed by atoms with Crippen molar-refractivity contribution >= 4 is 39.7 Å². The molecule has 0 unspecified atom stereocenters. The summed E-state index contributed by atoms with van der Waals surface area (Å²) in [5.41, 5.74) is 3.43. The molecule has 0 bridgehead atoms. The number of halogens is 2. The molecule has 2 aromatic carbocycles. The summed E-state index contributed by atoms with van der Waals surface area (Å²) in [6, 6.07) is 9.14. The van der Waals surface area contributed by atoms with Crippen LogP contribution >= 0.6 is 23.1 Å². The van der Waals surface area contributed by atoms with Gasteiger partial charge in [-0.3, -0.25) is 4.79 Å². The van der Waals surface area contributed by atoms with Crippen molar-refractivity contribution in [3.63, 3.8) is 0 Å². The van der Waals surface area contributed by atoms with Gasteiger partial charge >= 0.3 is 0 Å². The van der Waals surface area contributed by atoms with Gasteiger partial charge in [0.25, 0.3) is 0 Å². The van der Waals surface area contributed by atoms with E-state index in [9.17, 15) is 13.6 Å². The van der Waals surface area contributed by atoms with Crippen molar-refractivity contribution in [2.24, 2.45) is 0 Å². The number of nitrogens with one attached hydrogen (secondary N) is 1. The number of benzene rings is 2. The van der Waals surface area contributed by atoms with Gasteiger partial charge in [-0.15, -0.1) is 10.2 Å². The molecule has 3 rings (SSSR count). The summed E-state index contributed by atoms with van der Waals surface area (Å²) in [6.45, 7) is 4.08. The summed E-state index contributed by atoms with van der Waals surface area (Å²) < 4.78 is 26.7. The molecule has 1 heterocycles. The highest BCUT2D eigenvalue weighted by atomic mass is 32.2. The molecular formula is C18H15F2N3OS2. The van der Waals surface area contributed by atoms with E-state index in [0.717, 1.165) is 17.8 Å². The van der Waals surface area contributed by atoms with E-state index in [1.54, 1.807) is 0 Å². The Morgan fingerprint density at radius 1 is 1.08 bits per heavy atom. The number of thioether (sulfide) groups is 1. The second-order valence-electron chi connectivity index (χ2n) is 5.64. The molecule has 3 aromatic rings. The van der Waals surface area contributed by atoms with Crippen molar-refractivity contribution in [3.05, 3.63) is 64.7 Å². The molecule has 134 valence electrons. The van der Waals surface area contributed by atoms with Crippen LogP contribution in [0.15, 0.2) is 40.7 Å². The SMILES string of the molecule is Cc1ccc(Nc2nnc(SCC(=O)c3ccc(F)c(F)c3)s2)cc1C. The number of aryl methyl sites for hydroxylation is 2. The normalized spacial score (nSPS) is 10.8. The highest BCUT2D eigenvalue weighted by Crippen LogP contribution is 2.28. The fourth-order valence-corrected chi connectivity index (χ4v) is 3.81. The summed E-state index contributed by atoms with van der Waals surface area (Å²) in [5.74, 6) is -2.23. The summed E-state index contributed by atoms with van der Waals surface area (Å²) in [6.07, 6.45) is 0. The lowest BCUT2D eigenvalue weighted by Crippen LogP contribution is -2.03. The van der Waals surface area contributed by atoms with E-state index in [4.69, 9.17) is 0 Å². The number of carbonyl (C=O) groups is 1. The molecule has 0 saturated heterocycles. The maximum absolute atomic E-state index is 13.2. The van der Waals surface area contributed by atoms with Crippen LogP contribution in [0.4, 0.5) is 19.6 Å². The zero-order valence-corrected chi connectivity index (χ0v) is 15.7. The van der Waals surface area contributed by atoms with Crippen LogP contribution in [0.3, 0.4) is 0 Å². The first-order valence-corrected chi connectivity index (χ1v) is 9.51. The molecule has 8 heteroatoms. The first-order valence-electron chi connectivity index (χ1n) is 7.71. The molecule has 0 radical (unpaired) electrons. The summed E-state index contributed by atoms with van der Waals surface area (Å²) in [4.78, 5) is 12.1. The van der Waals surface area contributed by atoms with Gasteiger partial charge in [-0.1, -0.05) is 29.2 Å². The van der Waals surface area contributed by atoms with E-state index in [-0.39, 0.29) is 17.1 Å². The lowest BCUT2D eigenvalue weighted by atomic mass is 10.1. The molecule has 0 fully saturated rings. The Hall–Kier alpha value is -2.32. The summed E-state index contributed by atoms with van der Waals surface area (Å²) in [7, 11) is 0. The van der Waals surface area contributed by atoms with Crippen LogP contribution in [0.1, 0.15) is 21.5 Å². The van der Waals surface area contributed by atoms with Gasteiger partial charge < -0.3 is 5.32 Å². The molecule has 0 amide bonds. The van der Waals surface area contributed by atoms with E-state index >= 15 is 0 Å². The number of hydrogen-bond acceptors (Lipinski definition) is 6. The van der Waals surface area contributed by atoms with Crippen molar-refractivity contribution < 1.29 is 13.6 Å². The smallest absolute Gasteiger partial charge is 0.210 e. The van der Waals surface area contributed by atoms with Crippen LogP contribution < -0.4 is 5.32 Å². The first kappa shape index (κ1) is 18.5. The third-order valence-electron chi connectivity index (χ3n) is 3.73. The zero-order valence-electron chi connectivity index (χ0n) is 14.0. The van der Waals surface area contributed by atoms with Crippen LogP contribution in [0, 0.1) is 25.5 Å². The summed E-state index contributed by atoms with van der Waals surface area (Å²) in [5, 5.41) is 11.9. The molecule has 1 aromatic heterocycles. The maximum atomic E-state index is 13.2. The van der Waals surface area contributed by atoms with Gasteiger partial charge in [-0.2, -0.15) is 0 Å². The molecule has 4 nitrogen and oxygen atoms in total. The van der Waals surface area contributed by atoms with Gasteiger partial charge in [-0.05, 0) is 55.3 Å². The van der Waals surface area contributed by atoms with Gasteiger partial charge in [0.1, 0.15) is 0 Å². The molecule has 0 saturated carbocycles. The van der Waals surface area contributed by atoms with Crippen LogP contribution in [0.25, 0.3) is 0 Å². The number of ketones is 1. The third kappa shape index (κ3) is 4.44. The number of anilines is 2. The lowest BCUT2D eigenvalue weighted by molar-refractivity contribution is 0.102. The van der Waals surface area contributed by atoms with Gasteiger partial charge in [0.2, 0.25) is 5.13 Å². The van der Waals surface area contributed by atoms with Crippen LogP contribution in [0.2, 0.25) is 0 Å². The summed E-state index contributed by atoms with van der Waals surface area (Å²) >= 11 is 2.53. The Bertz CT molecular complexity index is 959. The van der Waals surface area contributed by atoms with Crippen LogP contribution in [-0.2, 0) is 0 Å². The standard InChI is InChI=1S/C18H15F2N3OS2/c1-10-3-5-13(7-11(10)2)21-17-22-23-18(26-17)25-9-16(24)12-4-6-14(19)15(20)8-12/h3-8H,9H2,1-2H3,(H,21,22). The fraction of sp³-hybridized carbons (Fsp3) is 0.167. The Morgan fingerprint density at radius 2 is 1.88 bits per heavy atom. The number of hydrogen-bond donors (Lipinski definition) is 1. The average Bonchev–Trinajstić information content (AvgIpc) is 3.06. The predicted molar refractivity (Wildman–Crippen MR) is 101 cm³/mol. The minimum Gasteiger partial charge on any atom is -0.330 e. The van der Waals surface area contributed by atoms with Crippen LogP contribution in [0.5, 0.6) is 0 Å². The monoisotopic (exact) mass is 391 g/mol. The second-order valence-corrected chi connectivity index (χ2v) is 7.84. The Balaban J connectivity index is 1.60. The van der Waals surface area contributed by atoms with E-state index in [1.807, 2.05) is 32.0 Å². The largest absolute Gasteiger partial charge is 0.330 e. The minimum absolute atomic E-state index is 0.0728. The first-order chi connectivity index (χ1) is 12.4. The minimum atomic E-state index is -1.03. The average molecular weight is 391 g/mol. The van der Waals surface area contributed by atoms with Crippen molar-refractivity contribution in [1.29, 1.82) is 0 Å². The number of Topliss-reactive ketones (excluding diaryl/α,β-unsaturated/α-hetero) is 1. The molecule has 0 atom stereocenters. The fourth-order valence-electron chi connectivity index (χ4n) is 2.14. The van der Waals surface area contributed by atoms with Gasteiger partial charge in [0, 0.05) is 11.3 Å². The second kappa shape index (κ2) is 7.92. The molecule has 0 aliphatic carbocycles. The van der Waals surface area contributed by atoms with E-state index < -0.39 is 11.6 Å². The number of carbonyl (C=O) groups excluding carboxylic acids is 1. The Labute approximate surface area is 157 Å². The molecule has 26 heavy (non-hydrogen) atoms. The highest BCUT2D eigenvalue weighted by Gasteiger charge is 2.12. The van der Waals surface area contributed by atoms with Gasteiger partial charge in [0.15, 0.2) is 21.8 Å². The zero-order chi connectivity index (χ0) is 18.7. The quantitative estimate of drug-likeness (QED) is 0.465. The number of aromatic nitrogens is 2. The lowest BCUT2D eigenvalue weighted by Gasteiger charge is -2.05. The van der Waals surface area contributed by atoms with Crippen molar-refractivity contribution in [2.45, 2.75) is 18.2 Å². The van der Waals surface area contributed by atoms with Crippen molar-refractivity contribution in [2.75, 3.05) is 11.1 Å². The molecule has 0 aliphatic heterocycles. The van der Waals surface area contributed by atoms with E-state index in [2.05, 4.69) is 15.5 Å². The third-order valence-corrected chi connectivity index (χ3v) is 5.70. The number of rotatable bonds is 6. The van der Waals surface area contributed by atoms with Gasteiger partial charge in [0.05, 0.1) is 5.75 Å². The van der Waals surface area contributed by atoms with E-state index in [1.165, 1.54) is 40.3 Å². The van der Waals surface area contributed by atoms with Gasteiger partial charge in [-0.25, -0.2) is 8.78 Å². The van der Waals surface area contributed by atoms with Crippen molar-refractivity contribution in [3.8, 4) is 0 Å². The predicted octanol–water partition coefficient (Wildman–Crippen LogP) is 5.15. The van der Waals surface area contributed by atoms with Crippen molar-refractivity contribution in [1.82, 2.24) is 10.2 Å². The Kier molecular flexibility index (Phi) is 5.63. The van der Waals surface area contributed by atoms with Crippen LogP contribution in [-0.4, -0.2) is 21.7 Å². The Morgan fingerprint density at radius 3 is 2.62 bits per heavy atom. The number of nitrogens with zero attached hydrogens (tertiary/aromatic N) is 2.